The molecule has 0 rings (SSSR count). The lowest BCUT2D eigenvalue weighted by Crippen LogP contribution is -2.55. The van der Waals surface area contributed by atoms with Crippen molar-refractivity contribution in [1.29, 1.82) is 0 Å². The van der Waals surface area contributed by atoms with Crippen LogP contribution >= 0.6 is 0 Å². The van der Waals surface area contributed by atoms with Crippen molar-refractivity contribution in [3.05, 3.63) is 36.5 Å². The predicted molar refractivity (Wildman–Crippen MR) is 236 cm³/mol. The van der Waals surface area contributed by atoms with Crippen LogP contribution in [-0.4, -0.2) is 75.5 Å². The number of allylic oxidation sites excluding steroid dienone is 6. The number of nitrogens with zero attached hydrogens (tertiary/aromatic N) is 1. The Hall–Kier alpha value is -2.45. The average Bonchev–Trinajstić information content (AvgIpc) is 3.17. The number of carboxylic acid groups (broad SMARTS) is 1. The molecule has 0 heterocycles. The highest BCUT2D eigenvalue weighted by Crippen LogP contribution is 2.16. The molecule has 0 amide bonds. The van der Waals surface area contributed by atoms with Crippen molar-refractivity contribution in [2.75, 3.05) is 41.0 Å². The van der Waals surface area contributed by atoms with Crippen molar-refractivity contribution in [3.63, 3.8) is 0 Å². The Morgan fingerprint density at radius 3 is 1.46 bits per heavy atom. The molecule has 0 saturated carbocycles. The van der Waals surface area contributed by atoms with Crippen LogP contribution in [0.3, 0.4) is 0 Å². The Labute approximate surface area is 351 Å². The molecule has 0 saturated heterocycles. The smallest absolute Gasteiger partial charge is 0.306 e. The van der Waals surface area contributed by atoms with Gasteiger partial charge in [0, 0.05) is 19.3 Å². The van der Waals surface area contributed by atoms with E-state index in [-0.39, 0.29) is 49.1 Å². The molecule has 0 aliphatic rings. The zero-order valence-electron chi connectivity index (χ0n) is 37.8. The second kappa shape index (κ2) is 40.3. The molecule has 8 heteroatoms. The fourth-order valence-corrected chi connectivity index (χ4v) is 6.91. The summed E-state index contributed by atoms with van der Waals surface area (Å²) in [6.07, 6.45) is 46.2. The minimum absolute atomic E-state index is 0.0276. The van der Waals surface area contributed by atoms with E-state index in [2.05, 4.69) is 50.3 Å². The van der Waals surface area contributed by atoms with Gasteiger partial charge in [-0.25, -0.2) is 0 Å². The monoisotopic (exact) mass is 804 g/mol. The number of esters is 2. The average molecular weight is 804 g/mol. The van der Waals surface area contributed by atoms with Crippen molar-refractivity contribution in [3.8, 4) is 0 Å². The lowest BCUT2D eigenvalue weighted by molar-refractivity contribution is -0.889. The molecule has 0 aliphatic heterocycles. The molecule has 0 aromatic heterocycles. The van der Waals surface area contributed by atoms with Crippen LogP contribution in [0, 0.1) is 0 Å². The van der Waals surface area contributed by atoms with Crippen molar-refractivity contribution in [1.82, 2.24) is 0 Å². The molecule has 0 bridgehead atoms. The lowest BCUT2D eigenvalue weighted by atomic mass is 10.0. The van der Waals surface area contributed by atoms with E-state index in [1.807, 2.05) is 0 Å². The van der Waals surface area contributed by atoms with E-state index in [4.69, 9.17) is 14.2 Å². The highest BCUT2D eigenvalue weighted by atomic mass is 16.6. The third-order valence-corrected chi connectivity index (χ3v) is 10.5. The van der Waals surface area contributed by atoms with Gasteiger partial charge in [-0.3, -0.25) is 9.59 Å². The number of carboxylic acids is 1. The number of carbonyl (C=O) groups is 3. The van der Waals surface area contributed by atoms with Crippen molar-refractivity contribution in [2.45, 2.75) is 219 Å². The number of carbonyl (C=O) groups excluding carboxylic acids is 3. The summed E-state index contributed by atoms with van der Waals surface area (Å²) in [7, 11) is 5.40. The molecule has 0 radical (unpaired) electrons. The summed E-state index contributed by atoms with van der Waals surface area (Å²) in [6, 6.07) is -0.731. The van der Waals surface area contributed by atoms with Gasteiger partial charge in [-0.1, -0.05) is 179 Å². The first-order valence-corrected chi connectivity index (χ1v) is 23.5. The van der Waals surface area contributed by atoms with Crippen LogP contribution in [0.5, 0.6) is 0 Å². The minimum atomic E-state index is -1.13. The summed E-state index contributed by atoms with van der Waals surface area (Å²) in [6.45, 7) is 4.52. The van der Waals surface area contributed by atoms with Crippen LogP contribution in [0.1, 0.15) is 206 Å². The number of ether oxygens (including phenoxy) is 3. The molecule has 0 aromatic carbocycles. The predicted octanol–water partition coefficient (Wildman–Crippen LogP) is 11.7. The third kappa shape index (κ3) is 38.8. The molecule has 2 atom stereocenters. The first kappa shape index (κ1) is 54.6. The van der Waals surface area contributed by atoms with Crippen molar-refractivity contribution >= 4 is 17.9 Å². The van der Waals surface area contributed by atoms with Crippen LogP contribution < -0.4 is 5.11 Å². The summed E-state index contributed by atoms with van der Waals surface area (Å²) in [5, 5.41) is 11.6. The molecule has 0 aromatic rings. The summed E-state index contributed by atoms with van der Waals surface area (Å²) < 4.78 is 17.1. The quantitative estimate of drug-likeness (QED) is 0.0262. The molecule has 0 N–H and O–H groups in total. The Morgan fingerprint density at radius 2 is 0.982 bits per heavy atom. The lowest BCUT2D eigenvalue weighted by Gasteiger charge is -2.34. The zero-order valence-corrected chi connectivity index (χ0v) is 37.8. The van der Waals surface area contributed by atoms with Crippen molar-refractivity contribution in [2.24, 2.45) is 0 Å². The van der Waals surface area contributed by atoms with Crippen LogP contribution in [0.25, 0.3) is 0 Å². The Bertz CT molecular complexity index is 1030. The zero-order chi connectivity index (χ0) is 42.1. The second-order valence-corrected chi connectivity index (χ2v) is 17.0. The number of hydrogen-bond donors (Lipinski definition) is 0. The molecule has 0 fully saturated rings. The van der Waals surface area contributed by atoms with Crippen LogP contribution in [0.2, 0.25) is 0 Å². The van der Waals surface area contributed by atoms with Gasteiger partial charge in [-0.05, 0) is 44.9 Å². The Morgan fingerprint density at radius 1 is 0.544 bits per heavy atom. The molecule has 8 nitrogen and oxygen atoms in total. The molecule has 57 heavy (non-hydrogen) atoms. The van der Waals surface area contributed by atoms with E-state index in [0.717, 1.165) is 51.4 Å². The first-order chi connectivity index (χ1) is 27.6. The first-order valence-electron chi connectivity index (χ1n) is 23.5. The Kier molecular flexibility index (Phi) is 38.6. The largest absolute Gasteiger partial charge is 0.544 e. The van der Waals surface area contributed by atoms with Gasteiger partial charge in [-0.2, -0.15) is 0 Å². The van der Waals surface area contributed by atoms with E-state index in [9.17, 15) is 19.5 Å². The number of rotatable bonds is 42. The van der Waals surface area contributed by atoms with Gasteiger partial charge in [0.1, 0.15) is 12.6 Å². The maximum absolute atomic E-state index is 12.7. The highest BCUT2D eigenvalue weighted by molar-refractivity contribution is 5.70. The molecular formula is C49H89NO7. The number of unbranched alkanes of at least 4 members (excludes halogenated alkanes) is 22. The molecule has 332 valence electrons. The summed E-state index contributed by atoms with van der Waals surface area (Å²) in [5.74, 6) is -1.78. The number of quaternary nitrogens is 1. The van der Waals surface area contributed by atoms with Gasteiger partial charge in [0.05, 0.1) is 40.3 Å². The fraction of sp³-hybridized carbons (Fsp3) is 0.816. The number of likely N-dealkylation sites (N-methyl/N-ethyl adjacent to an activating group) is 1. The van der Waals surface area contributed by atoms with E-state index in [0.29, 0.717) is 12.8 Å². The number of hydrogen-bond acceptors (Lipinski definition) is 7. The van der Waals surface area contributed by atoms with Gasteiger partial charge in [-0.15, -0.1) is 0 Å². The fourth-order valence-electron chi connectivity index (χ4n) is 6.91. The summed E-state index contributed by atoms with van der Waals surface area (Å²) in [5.41, 5.74) is 0. The molecule has 0 spiro atoms. The highest BCUT2D eigenvalue weighted by Gasteiger charge is 2.25. The molecule has 0 aliphatic carbocycles. The third-order valence-electron chi connectivity index (χ3n) is 10.5. The van der Waals surface area contributed by atoms with Gasteiger partial charge in [0.15, 0.2) is 6.10 Å². The van der Waals surface area contributed by atoms with E-state index >= 15 is 0 Å². The van der Waals surface area contributed by atoms with Gasteiger partial charge >= 0.3 is 11.9 Å². The standard InChI is InChI=1S/C49H89NO7/c1-6-8-10-12-14-16-18-20-21-22-23-24-25-26-27-28-30-31-33-35-37-39-47(51)56-44-45(43-55-42-41-46(49(53)54)50(3,4)5)57-48(52)40-38-36-34-32-29-19-17-15-13-11-9-7-2/h9,11,15,17,29,32,45-46H,6-8,10,12-14,16,18-28,30-31,33-44H2,1-5H3/b11-9+,17-15+,32-29+. The van der Waals surface area contributed by atoms with E-state index < -0.39 is 18.1 Å². The minimum Gasteiger partial charge on any atom is -0.544 e. The van der Waals surface area contributed by atoms with Crippen LogP contribution in [0.15, 0.2) is 36.5 Å². The van der Waals surface area contributed by atoms with Gasteiger partial charge in [0.2, 0.25) is 0 Å². The normalized spacial score (nSPS) is 13.2. The maximum atomic E-state index is 12.7. The summed E-state index contributed by atoms with van der Waals surface area (Å²) >= 11 is 0. The van der Waals surface area contributed by atoms with E-state index in [1.54, 1.807) is 21.1 Å². The van der Waals surface area contributed by atoms with Crippen LogP contribution in [0.4, 0.5) is 0 Å². The SMILES string of the molecule is CC/C=C/C/C=C/C/C=C/CCCCC(=O)OC(COCCC(C(=O)[O-])[N+](C)(C)C)COC(=O)CCCCCCCCCCCCCCCCCCCCCCC. The Balaban J connectivity index is 4.22. The van der Waals surface area contributed by atoms with Gasteiger partial charge < -0.3 is 28.6 Å². The summed E-state index contributed by atoms with van der Waals surface area (Å²) in [4.78, 5) is 36.8. The number of aliphatic carboxylic acids is 1. The molecular weight excluding hydrogens is 715 g/mol. The van der Waals surface area contributed by atoms with Crippen molar-refractivity contribution < 1.29 is 38.2 Å². The van der Waals surface area contributed by atoms with Gasteiger partial charge in [0.25, 0.3) is 0 Å². The second-order valence-electron chi connectivity index (χ2n) is 17.0. The maximum Gasteiger partial charge on any atom is 0.306 e. The van der Waals surface area contributed by atoms with Crippen LogP contribution in [-0.2, 0) is 28.6 Å². The topological polar surface area (TPSA) is 102 Å². The molecule has 2 unspecified atom stereocenters. The van der Waals surface area contributed by atoms with E-state index in [1.165, 1.54) is 116 Å².